The molecule has 0 fully saturated rings. The van der Waals surface area contributed by atoms with E-state index in [9.17, 15) is 4.39 Å². The number of nitrogens with zero attached hydrogens (tertiary/aromatic N) is 1. The van der Waals surface area contributed by atoms with Crippen LogP contribution in [0.1, 0.15) is 44.4 Å². The molecule has 0 spiro atoms. The number of hydrogen-bond donors (Lipinski definition) is 1. The lowest BCUT2D eigenvalue weighted by Crippen LogP contribution is -2.38. The zero-order chi connectivity index (χ0) is 15.3. The van der Waals surface area contributed by atoms with Crippen LogP contribution in [-0.4, -0.2) is 11.5 Å². The number of rotatable bonds is 6. The van der Waals surface area contributed by atoms with Gasteiger partial charge >= 0.3 is 0 Å². The number of aromatic nitrogens is 1. The van der Waals surface area contributed by atoms with Crippen molar-refractivity contribution in [3.63, 3.8) is 0 Å². The van der Waals surface area contributed by atoms with Crippen LogP contribution >= 0.6 is 0 Å². The third-order valence-electron chi connectivity index (χ3n) is 3.90. The van der Waals surface area contributed by atoms with E-state index in [0.717, 1.165) is 18.5 Å². The quantitative estimate of drug-likeness (QED) is 0.859. The normalized spacial score (nSPS) is 13.1. The van der Waals surface area contributed by atoms with E-state index in [2.05, 4.69) is 43.2 Å². The van der Waals surface area contributed by atoms with Gasteiger partial charge in [-0.15, -0.1) is 0 Å². The van der Waals surface area contributed by atoms with Crippen molar-refractivity contribution in [2.75, 3.05) is 6.54 Å². The molecule has 2 nitrogen and oxygen atoms in total. The zero-order valence-electron chi connectivity index (χ0n) is 12.9. The van der Waals surface area contributed by atoms with E-state index < -0.39 is 0 Å². The Morgan fingerprint density at radius 2 is 1.90 bits per heavy atom. The minimum Gasteiger partial charge on any atom is -0.309 e. The second-order valence-corrected chi connectivity index (χ2v) is 5.91. The molecule has 0 bridgehead atoms. The van der Waals surface area contributed by atoms with Crippen LogP contribution in [0.15, 0.2) is 48.8 Å². The van der Waals surface area contributed by atoms with Gasteiger partial charge in [-0.1, -0.05) is 51.1 Å². The molecule has 0 amide bonds. The number of nitrogens with one attached hydrogen (secondary N) is 1. The highest BCUT2D eigenvalue weighted by Gasteiger charge is 2.32. The molecule has 112 valence electrons. The van der Waals surface area contributed by atoms with Crippen molar-refractivity contribution in [2.45, 2.75) is 38.6 Å². The maximum absolute atomic E-state index is 13.6. The predicted molar refractivity (Wildman–Crippen MR) is 84.7 cm³/mol. The second-order valence-electron chi connectivity index (χ2n) is 5.91. The van der Waals surface area contributed by atoms with Gasteiger partial charge in [0, 0.05) is 17.7 Å². The fourth-order valence-electron chi connectivity index (χ4n) is 2.70. The molecule has 1 aromatic carbocycles. The molecule has 2 aromatic rings. The molecular weight excluding hydrogens is 263 g/mol. The van der Waals surface area contributed by atoms with Crippen molar-refractivity contribution in [1.82, 2.24) is 10.3 Å². The molecule has 21 heavy (non-hydrogen) atoms. The smallest absolute Gasteiger partial charge is 0.141 e. The molecule has 0 aliphatic rings. The fourth-order valence-corrected chi connectivity index (χ4v) is 2.70. The molecule has 1 atom stereocenters. The standard InChI is InChI=1S/C18H23FN2/c1-4-10-21-17(14-11-16(19)13-20-12-14)18(2,3)15-8-6-5-7-9-15/h5-9,11-13,17,21H,4,10H2,1-3H3. The highest BCUT2D eigenvalue weighted by atomic mass is 19.1. The van der Waals surface area contributed by atoms with Gasteiger partial charge in [-0.2, -0.15) is 0 Å². The topological polar surface area (TPSA) is 24.9 Å². The molecule has 1 aromatic heterocycles. The molecule has 0 aliphatic heterocycles. The Morgan fingerprint density at radius 1 is 1.19 bits per heavy atom. The molecule has 0 saturated heterocycles. The average molecular weight is 286 g/mol. The van der Waals surface area contributed by atoms with Gasteiger partial charge in [0.2, 0.25) is 0 Å². The van der Waals surface area contributed by atoms with Gasteiger partial charge in [0.1, 0.15) is 5.82 Å². The first-order valence-corrected chi connectivity index (χ1v) is 7.45. The maximum atomic E-state index is 13.6. The molecule has 1 heterocycles. The summed E-state index contributed by atoms with van der Waals surface area (Å²) in [4.78, 5) is 4.01. The van der Waals surface area contributed by atoms with Crippen LogP contribution in [0, 0.1) is 5.82 Å². The van der Waals surface area contributed by atoms with Crippen LogP contribution in [0.5, 0.6) is 0 Å². The summed E-state index contributed by atoms with van der Waals surface area (Å²) >= 11 is 0. The van der Waals surface area contributed by atoms with E-state index in [1.165, 1.54) is 11.8 Å². The molecule has 0 aliphatic carbocycles. The van der Waals surface area contributed by atoms with Gasteiger partial charge in [0.25, 0.3) is 0 Å². The van der Waals surface area contributed by atoms with E-state index >= 15 is 0 Å². The Bertz CT molecular complexity index is 566. The molecule has 1 unspecified atom stereocenters. The zero-order valence-corrected chi connectivity index (χ0v) is 12.9. The van der Waals surface area contributed by atoms with Crippen molar-refractivity contribution in [3.05, 3.63) is 65.7 Å². The Kier molecular flexibility index (Phi) is 5.07. The predicted octanol–water partition coefficient (Wildman–Crippen LogP) is 4.24. The van der Waals surface area contributed by atoms with Crippen molar-refractivity contribution in [2.24, 2.45) is 0 Å². The summed E-state index contributed by atoms with van der Waals surface area (Å²) in [7, 11) is 0. The van der Waals surface area contributed by atoms with Crippen LogP contribution < -0.4 is 5.32 Å². The van der Waals surface area contributed by atoms with E-state index in [1.807, 2.05) is 18.2 Å². The first-order chi connectivity index (χ1) is 10.1. The van der Waals surface area contributed by atoms with Gasteiger partial charge < -0.3 is 5.32 Å². The third kappa shape index (κ3) is 3.67. The largest absolute Gasteiger partial charge is 0.309 e. The van der Waals surface area contributed by atoms with Crippen LogP contribution in [0.4, 0.5) is 4.39 Å². The molecule has 0 radical (unpaired) electrons. The summed E-state index contributed by atoms with van der Waals surface area (Å²) in [5, 5.41) is 3.55. The Balaban J connectivity index is 2.39. The van der Waals surface area contributed by atoms with Crippen molar-refractivity contribution in [1.29, 1.82) is 0 Å². The molecule has 3 heteroatoms. The average Bonchev–Trinajstić information content (AvgIpc) is 2.48. The van der Waals surface area contributed by atoms with Gasteiger partial charge in [-0.3, -0.25) is 4.98 Å². The monoisotopic (exact) mass is 286 g/mol. The molecule has 0 saturated carbocycles. The van der Waals surface area contributed by atoms with Crippen LogP contribution in [0.2, 0.25) is 0 Å². The van der Waals surface area contributed by atoms with Crippen LogP contribution in [-0.2, 0) is 5.41 Å². The van der Waals surface area contributed by atoms with Gasteiger partial charge in [-0.25, -0.2) is 4.39 Å². The SMILES string of the molecule is CCCNC(c1cncc(F)c1)C(C)(C)c1ccccc1. The van der Waals surface area contributed by atoms with Crippen molar-refractivity contribution in [3.8, 4) is 0 Å². The lowest BCUT2D eigenvalue weighted by molar-refractivity contribution is 0.346. The van der Waals surface area contributed by atoms with E-state index in [1.54, 1.807) is 12.3 Å². The number of pyridine rings is 1. The summed E-state index contributed by atoms with van der Waals surface area (Å²) in [6.07, 6.45) is 4.03. The Hall–Kier alpha value is -1.74. The highest BCUT2D eigenvalue weighted by molar-refractivity contribution is 5.30. The highest BCUT2D eigenvalue weighted by Crippen LogP contribution is 2.36. The first kappa shape index (κ1) is 15.6. The summed E-state index contributed by atoms with van der Waals surface area (Å²) in [5.74, 6) is -0.292. The van der Waals surface area contributed by atoms with Crippen molar-refractivity contribution >= 4 is 0 Å². The first-order valence-electron chi connectivity index (χ1n) is 7.45. The number of hydrogen-bond acceptors (Lipinski definition) is 2. The number of benzene rings is 1. The van der Waals surface area contributed by atoms with Gasteiger partial charge in [0.05, 0.1) is 6.20 Å². The van der Waals surface area contributed by atoms with E-state index in [0.29, 0.717) is 0 Å². The fraction of sp³-hybridized carbons (Fsp3) is 0.389. The number of halogens is 1. The van der Waals surface area contributed by atoms with Crippen molar-refractivity contribution < 1.29 is 4.39 Å². The molecule has 2 rings (SSSR count). The van der Waals surface area contributed by atoms with Crippen LogP contribution in [0.3, 0.4) is 0 Å². The summed E-state index contributed by atoms with van der Waals surface area (Å²) in [5.41, 5.74) is 1.95. The minimum atomic E-state index is -0.292. The summed E-state index contributed by atoms with van der Waals surface area (Å²) < 4.78 is 13.6. The molecular formula is C18H23FN2. The Morgan fingerprint density at radius 3 is 2.52 bits per heavy atom. The lowest BCUT2D eigenvalue weighted by Gasteiger charge is -2.36. The van der Waals surface area contributed by atoms with Gasteiger partial charge in [-0.05, 0) is 30.2 Å². The molecule has 1 N–H and O–H groups in total. The lowest BCUT2D eigenvalue weighted by atomic mass is 9.75. The van der Waals surface area contributed by atoms with E-state index in [4.69, 9.17) is 0 Å². The van der Waals surface area contributed by atoms with Crippen LogP contribution in [0.25, 0.3) is 0 Å². The maximum Gasteiger partial charge on any atom is 0.141 e. The second kappa shape index (κ2) is 6.81. The summed E-state index contributed by atoms with van der Waals surface area (Å²) in [6.45, 7) is 7.38. The third-order valence-corrected chi connectivity index (χ3v) is 3.90. The van der Waals surface area contributed by atoms with Gasteiger partial charge in [0.15, 0.2) is 0 Å². The Labute approximate surface area is 126 Å². The summed E-state index contributed by atoms with van der Waals surface area (Å²) in [6, 6.07) is 11.9. The minimum absolute atomic E-state index is 0.0167. The van der Waals surface area contributed by atoms with E-state index in [-0.39, 0.29) is 17.3 Å².